The third kappa shape index (κ3) is 14.4. The average Bonchev–Trinajstić information content (AvgIpc) is 0.800. The van der Waals surface area contributed by atoms with Gasteiger partial charge in [0.05, 0.1) is 57.8 Å². The fourth-order valence-electron chi connectivity index (χ4n) is 13.1. The lowest BCUT2D eigenvalue weighted by molar-refractivity contribution is 0.0712. The van der Waals surface area contributed by atoms with E-state index in [1.807, 2.05) is 105 Å². The van der Waals surface area contributed by atoms with Crippen molar-refractivity contribution < 1.29 is 27.6 Å². The second-order valence-electron chi connectivity index (χ2n) is 24.8. The molecule has 5 aromatic carbocycles. The number of nitrogens with zero attached hydrogens (tertiary/aromatic N) is 13. The summed E-state index contributed by atoms with van der Waals surface area (Å²) >= 11 is 1.45. The highest BCUT2D eigenvalue weighted by molar-refractivity contribution is 7.12. The molecule has 9 heterocycles. The third-order valence-electron chi connectivity index (χ3n) is 18.3. The van der Waals surface area contributed by atoms with Gasteiger partial charge >= 0.3 is 0 Å². The van der Waals surface area contributed by atoms with Gasteiger partial charge < -0.3 is 47.5 Å². The monoisotopic (exact) mass is 1360 g/mol. The molecule has 3 fully saturated rings. The van der Waals surface area contributed by atoms with Crippen molar-refractivity contribution in [3.63, 3.8) is 0 Å². The largest absolute Gasteiger partial charge is 0.459 e. The third-order valence-corrected chi connectivity index (χ3v) is 19.1. The van der Waals surface area contributed by atoms with Gasteiger partial charge in [-0.3, -0.25) is 33.8 Å². The Morgan fingerprint density at radius 3 is 1.27 bits per heavy atom. The molecule has 0 saturated carbocycles. The van der Waals surface area contributed by atoms with Gasteiger partial charge in [0.25, 0.3) is 34.4 Å². The summed E-state index contributed by atoms with van der Waals surface area (Å²) in [5.74, 6) is -0.134. The van der Waals surface area contributed by atoms with E-state index < -0.39 is 5.56 Å². The van der Waals surface area contributed by atoms with Crippen molar-refractivity contribution in [1.29, 1.82) is 15.8 Å². The number of anilines is 3. The number of rotatable bonds is 13. The molecule has 0 spiro atoms. The number of amides is 3. The predicted molar refractivity (Wildman–Crippen MR) is 381 cm³/mol. The van der Waals surface area contributed by atoms with Crippen LogP contribution in [0.15, 0.2) is 201 Å². The van der Waals surface area contributed by atoms with Crippen LogP contribution in [0.3, 0.4) is 0 Å². The molecule has 11 aromatic rings. The molecule has 504 valence electrons. The van der Waals surface area contributed by atoms with Crippen LogP contribution >= 0.6 is 11.3 Å². The van der Waals surface area contributed by atoms with Crippen molar-refractivity contribution in [2.24, 2.45) is 5.92 Å². The summed E-state index contributed by atoms with van der Waals surface area (Å²) in [6.07, 6.45) is 5.53. The Bertz CT molecular complexity index is 5130. The molecule has 3 aliphatic rings. The molecule has 0 unspecified atom stereocenters. The molecule has 0 N–H and O–H groups in total. The van der Waals surface area contributed by atoms with Crippen molar-refractivity contribution in [3.05, 3.63) is 268 Å². The minimum Gasteiger partial charge on any atom is -0.459 e. The maximum Gasteiger partial charge on any atom is 0.289 e. The van der Waals surface area contributed by atoms with Gasteiger partial charge in [-0.15, -0.1) is 11.3 Å². The van der Waals surface area contributed by atoms with Crippen LogP contribution in [-0.4, -0.2) is 130 Å². The Labute approximate surface area is 578 Å². The van der Waals surface area contributed by atoms with E-state index in [1.54, 1.807) is 84.4 Å². The van der Waals surface area contributed by atoms with E-state index in [-0.39, 0.29) is 70.3 Å². The van der Waals surface area contributed by atoms with Crippen LogP contribution < -0.4 is 31.4 Å². The van der Waals surface area contributed by atoms with Crippen LogP contribution in [0.1, 0.15) is 78.7 Å². The topological polar surface area (TPSA) is 234 Å². The Morgan fingerprint density at radius 1 is 0.480 bits per heavy atom. The lowest BCUT2D eigenvalue weighted by Gasteiger charge is -2.37. The number of para-hydroxylation sites is 3. The number of piperazine rings is 3. The number of benzene rings is 5. The average molecular weight is 1360 g/mol. The van der Waals surface area contributed by atoms with E-state index in [0.29, 0.717) is 130 Å². The van der Waals surface area contributed by atoms with E-state index in [0.717, 1.165) is 44.1 Å². The van der Waals surface area contributed by atoms with Crippen LogP contribution in [0.2, 0.25) is 0 Å². The molecule has 3 saturated heterocycles. The van der Waals surface area contributed by atoms with Crippen LogP contribution in [-0.2, 0) is 19.6 Å². The number of furan rings is 1. The number of aryl methyl sites for hydroxylation is 1. The molecule has 14 rings (SSSR count). The molecule has 100 heavy (non-hydrogen) atoms. The van der Waals surface area contributed by atoms with E-state index >= 15 is 0 Å². The molecule has 3 amide bonds. The first kappa shape index (κ1) is 68.0. The summed E-state index contributed by atoms with van der Waals surface area (Å²) < 4.78 is 36.8. The second-order valence-corrected chi connectivity index (χ2v) is 25.7. The van der Waals surface area contributed by atoms with Gasteiger partial charge in [0, 0.05) is 119 Å². The zero-order valence-corrected chi connectivity index (χ0v) is 55.9. The van der Waals surface area contributed by atoms with Gasteiger partial charge in [0.2, 0.25) is 0 Å². The smallest absolute Gasteiger partial charge is 0.289 e. The van der Waals surface area contributed by atoms with Gasteiger partial charge in [0.1, 0.15) is 46.5 Å². The van der Waals surface area contributed by atoms with Crippen LogP contribution in [0.25, 0.3) is 32.7 Å². The molecule has 3 aliphatic heterocycles. The Morgan fingerprint density at radius 2 is 0.880 bits per heavy atom. The normalized spacial score (nSPS) is 13.9. The molecule has 20 nitrogen and oxygen atoms in total. The summed E-state index contributed by atoms with van der Waals surface area (Å²) in [6, 6.07) is 51.6. The lowest BCUT2D eigenvalue weighted by atomic mass is 10.1. The number of thiophene rings is 1. The SMILES string of the molecule is CC(C)CCn1c(=O)c(C#N)c(N2CCN(C(=O)c3cccs3)CC2)c2ccccc21.N#Cc1c(N2CCN(C(=O)c3ccco3)CC2)c2ccccc2n(Cc2ccc(F)cc2)c1=O.N#Cc1c(N2CCN(C(=O)c3ccncc3)CC2)c2ccccc2n(Cc2ccc(F)cc2)c1=O. The first-order chi connectivity index (χ1) is 48.6. The summed E-state index contributed by atoms with van der Waals surface area (Å²) in [5.41, 5.74) is 5.56. The number of pyridine rings is 4. The fraction of sp³-hybridized carbons (Fsp3) is 0.247. The highest BCUT2D eigenvalue weighted by Gasteiger charge is 2.32. The molecule has 6 aromatic heterocycles. The molecular formula is C77H69F2N13O7S. The number of hydrogen-bond acceptors (Lipinski definition) is 15. The quantitative estimate of drug-likeness (QED) is 0.104. The zero-order valence-electron chi connectivity index (χ0n) is 55.0. The standard InChI is InChI=1S/C27H22FN5O2.C26H21FN4O3.C24H26N4O2S/c28-21-7-5-19(6-8-21)18-33-24-4-2-1-3-22(24)25(23(17-29)27(33)35)31-13-15-32(16-14-31)26(34)20-9-11-30-12-10-20;27-19-9-7-18(8-10-19)17-31-22-5-2-1-4-20(22)24(21(16-28)25(31)32)29-11-13-30(14-12-29)26(33)23-6-3-15-34-23;1-17(2)9-10-28-20-7-4-3-6-18(20)22(19(16-25)23(28)29)26-11-13-27(14-12-26)24(30)21-8-5-15-31-21/h1-12H,13-16,18H2;1-10,15H,11-14,17H2;3-8,15,17H,9-14H2,1-2H3. The van der Waals surface area contributed by atoms with Crippen LogP contribution in [0.5, 0.6) is 0 Å². The molecule has 0 aliphatic carbocycles. The summed E-state index contributed by atoms with van der Waals surface area (Å²) in [6.45, 7) is 11.4. The summed E-state index contributed by atoms with van der Waals surface area (Å²) in [5, 5.41) is 34.3. The molecule has 23 heteroatoms. The number of nitriles is 3. The Hall–Kier alpha value is -12.0. The molecule has 0 atom stereocenters. The summed E-state index contributed by atoms with van der Waals surface area (Å²) in [4.78, 5) is 94.4. The highest BCUT2D eigenvalue weighted by Crippen LogP contribution is 2.34. The van der Waals surface area contributed by atoms with Crippen LogP contribution in [0, 0.1) is 51.5 Å². The molecule has 0 bridgehead atoms. The number of carbonyl (C=O) groups is 3. The van der Waals surface area contributed by atoms with E-state index in [9.17, 15) is 53.3 Å². The number of halogens is 2. The molecule has 0 radical (unpaired) electrons. The first-order valence-corrected chi connectivity index (χ1v) is 33.8. The van der Waals surface area contributed by atoms with Crippen molar-refractivity contribution in [2.75, 3.05) is 93.2 Å². The van der Waals surface area contributed by atoms with Crippen molar-refractivity contribution in [1.82, 2.24) is 33.4 Å². The second kappa shape index (κ2) is 30.6. The van der Waals surface area contributed by atoms with Gasteiger partial charge in [-0.1, -0.05) is 98.8 Å². The fourth-order valence-corrected chi connectivity index (χ4v) is 13.8. The number of fused-ring (bicyclic) bond motifs is 3. The highest BCUT2D eigenvalue weighted by atomic mass is 32.1. The van der Waals surface area contributed by atoms with Gasteiger partial charge in [-0.2, -0.15) is 15.8 Å². The Kier molecular flexibility index (Phi) is 20.8. The first-order valence-electron chi connectivity index (χ1n) is 32.9. The number of aromatic nitrogens is 4. The molecular weight excluding hydrogens is 1290 g/mol. The maximum absolute atomic E-state index is 13.5. The number of carbonyl (C=O) groups excluding carboxylic acids is 3. The van der Waals surface area contributed by atoms with E-state index in [4.69, 9.17) is 4.42 Å². The van der Waals surface area contributed by atoms with Gasteiger partial charge in [-0.05, 0) is 102 Å². The van der Waals surface area contributed by atoms with Crippen molar-refractivity contribution >= 4 is 78.8 Å². The van der Waals surface area contributed by atoms with Crippen molar-refractivity contribution in [2.45, 2.75) is 39.9 Å². The minimum atomic E-state index is -0.394. The van der Waals surface area contributed by atoms with Gasteiger partial charge in [-0.25, -0.2) is 8.78 Å². The predicted octanol–water partition coefficient (Wildman–Crippen LogP) is 11.0. The Balaban J connectivity index is 0.000000142. The summed E-state index contributed by atoms with van der Waals surface area (Å²) in [7, 11) is 0. The minimum absolute atomic E-state index is 0.0455. The van der Waals surface area contributed by atoms with Gasteiger partial charge in [0.15, 0.2) is 5.76 Å². The van der Waals surface area contributed by atoms with E-state index in [2.05, 4.69) is 41.9 Å². The van der Waals surface area contributed by atoms with Crippen LogP contribution in [0.4, 0.5) is 25.8 Å². The maximum atomic E-state index is 13.5. The van der Waals surface area contributed by atoms with Crippen molar-refractivity contribution in [3.8, 4) is 18.2 Å². The van der Waals surface area contributed by atoms with E-state index in [1.165, 1.54) is 41.9 Å². The zero-order chi connectivity index (χ0) is 70.0. The lowest BCUT2D eigenvalue weighted by Crippen LogP contribution is -2.49. The number of hydrogen-bond donors (Lipinski definition) is 0.